The Kier molecular flexibility index (Phi) is 7.07. The van der Waals surface area contributed by atoms with Crippen molar-refractivity contribution < 1.29 is 28.6 Å². The first-order valence-electron chi connectivity index (χ1n) is 10.8. The molecule has 0 aliphatic carbocycles. The van der Waals surface area contributed by atoms with Gasteiger partial charge >= 0.3 is 5.97 Å². The van der Waals surface area contributed by atoms with Crippen molar-refractivity contribution in [2.24, 2.45) is 0 Å². The van der Waals surface area contributed by atoms with Crippen molar-refractivity contribution in [3.8, 4) is 11.5 Å². The van der Waals surface area contributed by atoms with Gasteiger partial charge in [0.2, 0.25) is 0 Å². The summed E-state index contributed by atoms with van der Waals surface area (Å²) in [7, 11) is 1.63. The molecule has 0 unspecified atom stereocenters. The number of carbonyl (C=O) groups is 3. The summed E-state index contributed by atoms with van der Waals surface area (Å²) < 4.78 is 16.6. The molecule has 0 aromatic heterocycles. The molecular weight excluding hydrogens is 436 g/mol. The average molecular weight is 460 g/mol. The van der Waals surface area contributed by atoms with Crippen LogP contribution in [-0.2, 0) is 9.53 Å². The van der Waals surface area contributed by atoms with Crippen LogP contribution >= 0.6 is 0 Å². The first-order valence-corrected chi connectivity index (χ1v) is 10.8. The van der Waals surface area contributed by atoms with Crippen LogP contribution in [0.4, 0.5) is 5.69 Å². The summed E-state index contributed by atoms with van der Waals surface area (Å²) in [5.41, 5.74) is 0.959. The lowest BCUT2D eigenvalue weighted by atomic mass is 10.1. The number of hydrogen-bond acceptors (Lipinski definition) is 6. The van der Waals surface area contributed by atoms with Gasteiger partial charge in [0.05, 0.1) is 17.7 Å². The zero-order valence-corrected chi connectivity index (χ0v) is 18.6. The normalized spacial score (nSPS) is 14.1. The fourth-order valence-corrected chi connectivity index (χ4v) is 3.45. The SMILES string of the molecule is CN(C(=O)c1ccccc1C(=O)OCC(=O)NC[C@@H]1COc2ccccc2O1)c1ccccc1. The smallest absolute Gasteiger partial charge is 0.339 e. The molecule has 0 saturated carbocycles. The summed E-state index contributed by atoms with van der Waals surface area (Å²) in [6.07, 6.45) is -0.360. The maximum absolute atomic E-state index is 13.0. The third-order valence-corrected chi connectivity index (χ3v) is 5.25. The molecule has 0 spiro atoms. The van der Waals surface area contributed by atoms with Gasteiger partial charge < -0.3 is 24.4 Å². The zero-order valence-electron chi connectivity index (χ0n) is 18.6. The van der Waals surface area contributed by atoms with E-state index in [4.69, 9.17) is 14.2 Å². The van der Waals surface area contributed by atoms with Crippen molar-refractivity contribution in [1.82, 2.24) is 5.32 Å². The highest BCUT2D eigenvalue weighted by molar-refractivity contribution is 6.12. The number of carbonyl (C=O) groups excluding carboxylic acids is 3. The van der Waals surface area contributed by atoms with Gasteiger partial charge in [0.15, 0.2) is 18.1 Å². The van der Waals surface area contributed by atoms with Crippen molar-refractivity contribution >= 4 is 23.5 Å². The summed E-state index contributed by atoms with van der Waals surface area (Å²) in [5, 5.41) is 2.67. The van der Waals surface area contributed by atoms with Crippen molar-refractivity contribution in [2.45, 2.75) is 6.10 Å². The molecule has 174 valence electrons. The number of amides is 2. The lowest BCUT2D eigenvalue weighted by molar-refractivity contribution is -0.124. The largest absolute Gasteiger partial charge is 0.486 e. The van der Waals surface area contributed by atoms with Crippen molar-refractivity contribution in [3.05, 3.63) is 90.0 Å². The van der Waals surface area contributed by atoms with E-state index >= 15 is 0 Å². The van der Waals surface area contributed by atoms with E-state index in [2.05, 4.69) is 5.32 Å². The molecule has 1 aliphatic rings. The molecule has 2 amide bonds. The maximum Gasteiger partial charge on any atom is 0.339 e. The third-order valence-electron chi connectivity index (χ3n) is 5.25. The summed E-state index contributed by atoms with van der Waals surface area (Å²) in [6.45, 7) is 0.00318. The number of nitrogens with one attached hydrogen (secondary N) is 1. The van der Waals surface area contributed by atoms with Gasteiger partial charge in [0, 0.05) is 12.7 Å². The molecule has 1 atom stereocenters. The number of ether oxygens (including phenoxy) is 3. The van der Waals surface area contributed by atoms with E-state index in [1.165, 1.54) is 11.0 Å². The highest BCUT2D eigenvalue weighted by Crippen LogP contribution is 2.30. The molecule has 1 N–H and O–H groups in total. The minimum atomic E-state index is -0.758. The van der Waals surface area contributed by atoms with E-state index < -0.39 is 18.5 Å². The number of fused-ring (bicyclic) bond motifs is 1. The number of anilines is 1. The number of rotatable bonds is 7. The maximum atomic E-state index is 13.0. The van der Waals surface area contributed by atoms with Crippen LogP contribution in [0.1, 0.15) is 20.7 Å². The van der Waals surface area contributed by atoms with Gasteiger partial charge in [-0.2, -0.15) is 0 Å². The Labute approximate surface area is 197 Å². The minimum absolute atomic E-state index is 0.0868. The van der Waals surface area contributed by atoms with Crippen LogP contribution in [0.3, 0.4) is 0 Å². The predicted octanol–water partition coefficient (Wildman–Crippen LogP) is 3.08. The van der Waals surface area contributed by atoms with E-state index in [0.29, 0.717) is 23.8 Å². The molecule has 8 nitrogen and oxygen atoms in total. The van der Waals surface area contributed by atoms with E-state index in [-0.39, 0.29) is 29.7 Å². The molecule has 0 fully saturated rings. The fraction of sp³-hybridized carbons (Fsp3) is 0.192. The lowest BCUT2D eigenvalue weighted by Crippen LogP contribution is -2.42. The van der Waals surface area contributed by atoms with E-state index in [1.54, 1.807) is 43.4 Å². The van der Waals surface area contributed by atoms with E-state index in [0.717, 1.165) is 0 Å². The first-order chi connectivity index (χ1) is 16.5. The Bertz CT molecular complexity index is 1180. The molecule has 8 heteroatoms. The summed E-state index contributed by atoms with van der Waals surface area (Å²) in [6, 6.07) is 22.7. The van der Waals surface area contributed by atoms with Gasteiger partial charge in [-0.3, -0.25) is 9.59 Å². The minimum Gasteiger partial charge on any atom is -0.486 e. The zero-order chi connectivity index (χ0) is 23.9. The highest BCUT2D eigenvalue weighted by atomic mass is 16.6. The number of esters is 1. The molecular formula is C26H24N2O6. The quantitative estimate of drug-likeness (QED) is 0.545. The molecule has 1 heterocycles. The van der Waals surface area contributed by atoms with Gasteiger partial charge in [-0.05, 0) is 36.4 Å². The number of nitrogens with zero attached hydrogens (tertiary/aromatic N) is 1. The predicted molar refractivity (Wildman–Crippen MR) is 125 cm³/mol. The van der Waals surface area contributed by atoms with Crippen molar-refractivity contribution in [2.75, 3.05) is 31.7 Å². The number of para-hydroxylation sites is 3. The van der Waals surface area contributed by atoms with Gasteiger partial charge in [-0.25, -0.2) is 4.79 Å². The molecule has 1 aliphatic heterocycles. The van der Waals surface area contributed by atoms with Crippen molar-refractivity contribution in [3.63, 3.8) is 0 Å². The summed E-state index contributed by atoms with van der Waals surface area (Å²) in [4.78, 5) is 39.3. The van der Waals surface area contributed by atoms with Gasteiger partial charge in [-0.15, -0.1) is 0 Å². The third kappa shape index (κ3) is 5.35. The standard InChI is InChI=1S/C26H24N2O6/c1-28(18-9-3-2-4-10-18)25(30)20-11-5-6-12-21(20)26(31)33-17-24(29)27-15-19-16-32-22-13-7-8-14-23(22)34-19/h2-14,19H,15-17H2,1H3,(H,27,29)/t19-/m1/s1. The Hall–Kier alpha value is -4.33. The molecule has 34 heavy (non-hydrogen) atoms. The Morgan fingerprint density at radius 3 is 2.32 bits per heavy atom. The molecule has 4 rings (SSSR count). The first kappa shape index (κ1) is 22.8. The molecule has 0 radical (unpaired) electrons. The molecule has 3 aromatic rings. The average Bonchev–Trinajstić information content (AvgIpc) is 2.90. The Morgan fingerprint density at radius 2 is 1.56 bits per heavy atom. The van der Waals surface area contributed by atoms with Crippen molar-refractivity contribution in [1.29, 1.82) is 0 Å². The second kappa shape index (κ2) is 10.5. The fourth-order valence-electron chi connectivity index (χ4n) is 3.45. The highest BCUT2D eigenvalue weighted by Gasteiger charge is 2.23. The second-order valence-electron chi connectivity index (χ2n) is 7.62. The monoisotopic (exact) mass is 460 g/mol. The molecule has 0 saturated heterocycles. The van der Waals surface area contributed by atoms with Gasteiger partial charge in [-0.1, -0.05) is 42.5 Å². The van der Waals surface area contributed by atoms with Crippen LogP contribution in [0.5, 0.6) is 11.5 Å². The van der Waals surface area contributed by atoms with E-state index in [1.807, 2.05) is 36.4 Å². The van der Waals surface area contributed by atoms with Crippen LogP contribution < -0.4 is 19.7 Å². The summed E-state index contributed by atoms with van der Waals surface area (Å²) in [5.74, 6) is -0.336. The Morgan fingerprint density at radius 1 is 0.912 bits per heavy atom. The van der Waals surface area contributed by atoms with Gasteiger partial charge in [0.1, 0.15) is 12.7 Å². The second-order valence-corrected chi connectivity index (χ2v) is 7.62. The van der Waals surface area contributed by atoms with E-state index in [9.17, 15) is 14.4 Å². The Balaban J connectivity index is 1.31. The topological polar surface area (TPSA) is 94.2 Å². The van der Waals surface area contributed by atoms with Crippen LogP contribution in [-0.4, -0.2) is 50.7 Å². The van der Waals surface area contributed by atoms with Crippen LogP contribution in [0.25, 0.3) is 0 Å². The number of hydrogen-bond donors (Lipinski definition) is 1. The van der Waals surface area contributed by atoms with Crippen LogP contribution in [0.15, 0.2) is 78.9 Å². The number of benzene rings is 3. The lowest BCUT2D eigenvalue weighted by Gasteiger charge is -2.26. The molecule has 3 aromatic carbocycles. The molecule has 0 bridgehead atoms. The van der Waals surface area contributed by atoms with Crippen LogP contribution in [0.2, 0.25) is 0 Å². The van der Waals surface area contributed by atoms with Crippen LogP contribution in [0, 0.1) is 0 Å². The van der Waals surface area contributed by atoms with Gasteiger partial charge in [0.25, 0.3) is 11.8 Å². The summed E-state index contributed by atoms with van der Waals surface area (Å²) >= 11 is 0.